The van der Waals surface area contributed by atoms with Crippen LogP contribution in [0.4, 0.5) is 6.01 Å². The number of anilines is 1. The molecule has 0 fully saturated rings. The predicted molar refractivity (Wildman–Crippen MR) is 135 cm³/mol. The number of unbranched alkanes of at least 4 members (excludes halogenated alkanes) is 1. The molecule has 0 amide bonds. The number of tetrazole rings is 1. The van der Waals surface area contributed by atoms with Crippen LogP contribution >= 0.6 is 11.6 Å². The molecule has 8 heteroatoms. The minimum atomic E-state index is 0.580. The number of fused-ring (bicyclic) bond motifs is 1. The number of rotatable bonds is 8. The zero-order chi connectivity index (χ0) is 23.5. The van der Waals surface area contributed by atoms with E-state index in [0.717, 1.165) is 52.7 Å². The first-order valence-corrected chi connectivity index (χ1v) is 11.7. The molecule has 5 rings (SSSR count). The van der Waals surface area contributed by atoms with E-state index in [1.165, 1.54) is 5.56 Å². The molecule has 172 valence electrons. The van der Waals surface area contributed by atoms with Crippen molar-refractivity contribution in [2.75, 3.05) is 11.4 Å². The number of hydrogen-bond acceptors (Lipinski definition) is 6. The lowest BCUT2D eigenvalue weighted by atomic mass is 9.98. The first-order valence-electron chi connectivity index (χ1n) is 11.4. The Balaban J connectivity index is 1.41. The highest BCUT2D eigenvalue weighted by Crippen LogP contribution is 2.31. The molecule has 0 saturated heterocycles. The predicted octanol–water partition coefficient (Wildman–Crippen LogP) is 6.44. The third kappa shape index (κ3) is 4.52. The van der Waals surface area contributed by atoms with Crippen molar-refractivity contribution in [1.82, 2.24) is 25.6 Å². The summed E-state index contributed by atoms with van der Waals surface area (Å²) in [5.74, 6) is 0.580. The van der Waals surface area contributed by atoms with Crippen LogP contribution in [0.5, 0.6) is 0 Å². The smallest absolute Gasteiger partial charge is 0.298 e. The molecule has 0 spiro atoms. The fourth-order valence-corrected chi connectivity index (χ4v) is 4.14. The molecule has 2 heterocycles. The highest BCUT2D eigenvalue weighted by atomic mass is 35.5. The number of hydrogen-bond donors (Lipinski definition) is 1. The van der Waals surface area contributed by atoms with Gasteiger partial charge in [-0.05, 0) is 52.9 Å². The second-order valence-corrected chi connectivity index (χ2v) is 8.73. The van der Waals surface area contributed by atoms with Gasteiger partial charge in [-0.25, -0.2) is 0 Å². The van der Waals surface area contributed by atoms with Crippen LogP contribution in [0, 0.1) is 6.92 Å². The summed E-state index contributed by atoms with van der Waals surface area (Å²) in [6, 6.07) is 21.0. The molecule has 0 atom stereocenters. The van der Waals surface area contributed by atoms with Crippen molar-refractivity contribution < 1.29 is 4.42 Å². The number of aromatic nitrogens is 5. The van der Waals surface area contributed by atoms with Crippen molar-refractivity contribution in [2.45, 2.75) is 33.2 Å². The van der Waals surface area contributed by atoms with Crippen LogP contribution in [-0.2, 0) is 6.54 Å². The van der Waals surface area contributed by atoms with Gasteiger partial charge in [0.15, 0.2) is 5.58 Å². The summed E-state index contributed by atoms with van der Waals surface area (Å²) in [5.41, 5.74) is 6.78. The number of benzene rings is 3. The highest BCUT2D eigenvalue weighted by molar-refractivity contribution is 6.32. The summed E-state index contributed by atoms with van der Waals surface area (Å²) in [4.78, 5) is 6.91. The van der Waals surface area contributed by atoms with E-state index in [-0.39, 0.29) is 0 Å². The molecule has 0 saturated carbocycles. The van der Waals surface area contributed by atoms with Gasteiger partial charge in [-0.3, -0.25) is 0 Å². The van der Waals surface area contributed by atoms with Gasteiger partial charge in [-0.1, -0.05) is 73.5 Å². The van der Waals surface area contributed by atoms with Crippen LogP contribution < -0.4 is 4.90 Å². The third-order valence-electron chi connectivity index (χ3n) is 5.86. The van der Waals surface area contributed by atoms with Crippen molar-refractivity contribution in [2.24, 2.45) is 0 Å². The zero-order valence-electron chi connectivity index (χ0n) is 19.1. The molecule has 0 aliphatic heterocycles. The van der Waals surface area contributed by atoms with Gasteiger partial charge >= 0.3 is 0 Å². The van der Waals surface area contributed by atoms with E-state index in [4.69, 9.17) is 21.0 Å². The van der Waals surface area contributed by atoms with Crippen molar-refractivity contribution in [3.63, 3.8) is 0 Å². The van der Waals surface area contributed by atoms with Crippen LogP contribution in [0.15, 0.2) is 65.1 Å². The summed E-state index contributed by atoms with van der Waals surface area (Å²) in [6.45, 7) is 5.71. The van der Waals surface area contributed by atoms with Gasteiger partial charge < -0.3 is 9.32 Å². The van der Waals surface area contributed by atoms with Crippen molar-refractivity contribution >= 4 is 28.7 Å². The van der Waals surface area contributed by atoms with E-state index in [1.54, 1.807) is 0 Å². The highest BCUT2D eigenvalue weighted by Gasteiger charge is 2.16. The number of H-pyrrole nitrogens is 1. The minimum Gasteiger partial charge on any atom is -0.423 e. The van der Waals surface area contributed by atoms with Crippen LogP contribution in [0.2, 0.25) is 5.02 Å². The third-order valence-corrected chi connectivity index (χ3v) is 6.27. The molecule has 7 nitrogen and oxygen atoms in total. The van der Waals surface area contributed by atoms with Gasteiger partial charge in [0.2, 0.25) is 5.82 Å². The van der Waals surface area contributed by atoms with Gasteiger partial charge in [0.05, 0.1) is 0 Å². The van der Waals surface area contributed by atoms with Gasteiger partial charge in [-0.15, -0.1) is 10.2 Å². The van der Waals surface area contributed by atoms with Crippen LogP contribution in [0.25, 0.3) is 33.6 Å². The lowest BCUT2D eigenvalue weighted by molar-refractivity contribution is 0.556. The van der Waals surface area contributed by atoms with E-state index in [2.05, 4.69) is 62.8 Å². The second-order valence-electron chi connectivity index (χ2n) is 8.32. The Labute approximate surface area is 202 Å². The van der Waals surface area contributed by atoms with Gasteiger partial charge in [0, 0.05) is 23.7 Å². The summed E-state index contributed by atoms with van der Waals surface area (Å²) >= 11 is 6.29. The van der Waals surface area contributed by atoms with Crippen LogP contribution in [0.1, 0.15) is 30.9 Å². The Morgan fingerprint density at radius 2 is 1.82 bits per heavy atom. The maximum Gasteiger partial charge on any atom is 0.298 e. The molecular weight excluding hydrogens is 448 g/mol. The van der Waals surface area contributed by atoms with Crippen molar-refractivity contribution in [3.8, 4) is 22.5 Å². The Morgan fingerprint density at radius 1 is 1.03 bits per heavy atom. The first kappa shape index (κ1) is 22.1. The molecule has 5 aromatic rings. The molecule has 0 aliphatic carbocycles. The van der Waals surface area contributed by atoms with E-state index in [0.29, 0.717) is 23.4 Å². The molecule has 2 aromatic heterocycles. The van der Waals surface area contributed by atoms with E-state index >= 15 is 0 Å². The molecular formula is C26H25ClN6O. The fourth-order valence-electron chi connectivity index (χ4n) is 3.98. The maximum atomic E-state index is 6.29. The summed E-state index contributed by atoms with van der Waals surface area (Å²) < 4.78 is 6.12. The number of aromatic amines is 1. The van der Waals surface area contributed by atoms with Gasteiger partial charge in [0.25, 0.3) is 6.01 Å². The summed E-state index contributed by atoms with van der Waals surface area (Å²) in [6.07, 6.45) is 2.14. The molecule has 0 aliphatic rings. The summed E-state index contributed by atoms with van der Waals surface area (Å²) in [7, 11) is 0. The lowest BCUT2D eigenvalue weighted by Crippen LogP contribution is -2.24. The number of nitrogens with zero attached hydrogens (tertiary/aromatic N) is 5. The van der Waals surface area contributed by atoms with Gasteiger partial charge in [-0.2, -0.15) is 10.2 Å². The quantitative estimate of drug-likeness (QED) is 0.279. The molecule has 0 radical (unpaired) electrons. The van der Waals surface area contributed by atoms with Crippen LogP contribution in [-0.4, -0.2) is 32.2 Å². The minimum absolute atomic E-state index is 0.580. The lowest BCUT2D eigenvalue weighted by Gasteiger charge is -2.20. The Morgan fingerprint density at radius 3 is 2.56 bits per heavy atom. The zero-order valence-corrected chi connectivity index (χ0v) is 19.9. The summed E-state index contributed by atoms with van der Waals surface area (Å²) in [5, 5.41) is 15.2. The molecule has 0 unspecified atom stereocenters. The standard InChI is InChI=1S/C26H25ClN6O/c1-3-4-13-33(26-28-23-15-22(27)17(2)14-24(23)34-26)16-18-9-11-19(12-10-18)20-7-5-6-8-21(20)25-29-31-32-30-25/h5-12,14-15H,3-4,13,16H2,1-2H3,(H,29,30,31,32). The Bertz CT molecular complexity index is 1360. The average Bonchev–Trinajstić information content (AvgIpc) is 3.53. The number of aryl methyl sites for hydroxylation is 1. The maximum absolute atomic E-state index is 6.29. The van der Waals surface area contributed by atoms with Crippen LogP contribution in [0.3, 0.4) is 0 Å². The van der Waals surface area contributed by atoms with Crippen molar-refractivity contribution in [1.29, 1.82) is 0 Å². The average molecular weight is 473 g/mol. The largest absolute Gasteiger partial charge is 0.423 e. The fraction of sp³-hybridized carbons (Fsp3) is 0.231. The Hall–Kier alpha value is -3.71. The monoisotopic (exact) mass is 472 g/mol. The SMILES string of the molecule is CCCCN(Cc1ccc(-c2ccccc2-c2nn[nH]n2)cc1)c1nc2cc(Cl)c(C)cc2o1. The second kappa shape index (κ2) is 9.65. The first-order chi connectivity index (χ1) is 16.6. The van der Waals surface area contributed by atoms with E-state index < -0.39 is 0 Å². The van der Waals surface area contributed by atoms with Gasteiger partial charge in [0.1, 0.15) is 5.52 Å². The topological polar surface area (TPSA) is 83.7 Å². The molecule has 0 bridgehead atoms. The van der Waals surface area contributed by atoms with E-state index in [1.807, 2.05) is 37.3 Å². The Kier molecular flexibility index (Phi) is 6.27. The number of nitrogens with one attached hydrogen (secondary N) is 1. The molecule has 34 heavy (non-hydrogen) atoms. The van der Waals surface area contributed by atoms with Crippen molar-refractivity contribution in [3.05, 3.63) is 76.8 Å². The normalized spacial score (nSPS) is 11.3. The molecule has 1 N–H and O–H groups in total. The number of oxazole rings is 1. The number of halogens is 1. The van der Waals surface area contributed by atoms with E-state index in [9.17, 15) is 0 Å². The molecule has 3 aromatic carbocycles.